The molecule has 90 valence electrons. The second-order valence-corrected chi connectivity index (χ2v) is 4.21. The van der Waals surface area contributed by atoms with Crippen LogP contribution in [0.25, 0.3) is 10.9 Å². The van der Waals surface area contributed by atoms with Crippen molar-refractivity contribution >= 4 is 10.9 Å². The van der Waals surface area contributed by atoms with Gasteiger partial charge in [-0.25, -0.2) is 9.78 Å². The Morgan fingerprint density at radius 3 is 2.82 bits per heavy atom. The van der Waals surface area contributed by atoms with Crippen molar-refractivity contribution in [1.29, 1.82) is 0 Å². The molecule has 1 fully saturated rings. The van der Waals surface area contributed by atoms with Gasteiger partial charge in [-0.15, -0.1) is 0 Å². The topological polar surface area (TPSA) is 72.3 Å². The summed E-state index contributed by atoms with van der Waals surface area (Å²) in [7, 11) is 0. The zero-order chi connectivity index (χ0) is 11.7. The van der Waals surface area contributed by atoms with Crippen LogP contribution in [0.1, 0.15) is 11.9 Å². The molecule has 2 aromatic rings. The zero-order valence-electron chi connectivity index (χ0n) is 9.35. The fraction of sp³-hybridized carbons (Fsp3) is 0.333. The van der Waals surface area contributed by atoms with Gasteiger partial charge in [0.2, 0.25) is 0 Å². The van der Waals surface area contributed by atoms with Gasteiger partial charge in [0, 0.05) is 18.6 Å². The second kappa shape index (κ2) is 4.46. The Bertz CT molecular complexity index is 474. The number of nitrogens with one attached hydrogen (secondary N) is 2. The van der Waals surface area contributed by atoms with Gasteiger partial charge in [-0.3, -0.25) is 5.73 Å². The van der Waals surface area contributed by atoms with Gasteiger partial charge in [0.1, 0.15) is 6.10 Å². The molecule has 0 saturated carbocycles. The molecule has 2 heterocycles. The number of aromatic nitrogens is 1. The molecule has 1 atom stereocenters. The molecule has 3 rings (SSSR count). The van der Waals surface area contributed by atoms with Gasteiger partial charge in [-0.2, -0.15) is 0 Å². The first-order valence-electron chi connectivity index (χ1n) is 5.69. The van der Waals surface area contributed by atoms with Crippen molar-refractivity contribution in [2.75, 3.05) is 13.1 Å². The molecule has 1 saturated heterocycles. The van der Waals surface area contributed by atoms with Crippen LogP contribution in [0.5, 0.6) is 0 Å². The zero-order valence-corrected chi connectivity index (χ0v) is 9.35. The molecular formula is C12H15N3O2. The van der Waals surface area contributed by atoms with Crippen LogP contribution < -0.4 is 11.1 Å². The third-order valence-corrected chi connectivity index (χ3v) is 2.90. The molecule has 1 aliphatic heterocycles. The van der Waals surface area contributed by atoms with E-state index >= 15 is 0 Å². The van der Waals surface area contributed by atoms with Crippen molar-refractivity contribution in [3.05, 3.63) is 36.0 Å². The first-order chi connectivity index (χ1) is 8.33. The lowest BCUT2D eigenvalue weighted by Gasteiger charge is -2.26. The Morgan fingerprint density at radius 1 is 1.29 bits per heavy atom. The molecule has 1 aromatic heterocycles. The molecule has 4 N–H and O–H groups in total. The van der Waals surface area contributed by atoms with E-state index < -0.39 is 6.23 Å². The van der Waals surface area contributed by atoms with Crippen LogP contribution in [0.4, 0.5) is 0 Å². The lowest BCUT2D eigenvalue weighted by Crippen LogP contribution is -2.48. The Hall–Kier alpha value is -1.40. The molecule has 0 aliphatic carbocycles. The van der Waals surface area contributed by atoms with E-state index in [1.54, 1.807) is 0 Å². The minimum atomic E-state index is -0.581. The number of nitrogens with two attached hydrogens (primary N) is 1. The van der Waals surface area contributed by atoms with Gasteiger partial charge in [0.25, 0.3) is 0 Å². The van der Waals surface area contributed by atoms with Crippen LogP contribution in [-0.2, 0) is 9.78 Å². The molecule has 5 nitrogen and oxygen atoms in total. The smallest absolute Gasteiger partial charge is 0.181 e. The Kier molecular flexibility index (Phi) is 2.82. The lowest BCUT2D eigenvalue weighted by molar-refractivity contribution is -0.359. The van der Waals surface area contributed by atoms with Crippen molar-refractivity contribution in [1.82, 2.24) is 10.3 Å². The summed E-state index contributed by atoms with van der Waals surface area (Å²) in [6.07, 6.45) is -0.464. The number of para-hydroxylation sites is 1. The highest BCUT2D eigenvalue weighted by Gasteiger charge is 2.20. The van der Waals surface area contributed by atoms with Crippen LogP contribution in [0.2, 0.25) is 0 Å². The van der Waals surface area contributed by atoms with Crippen LogP contribution in [0, 0.1) is 0 Å². The monoisotopic (exact) mass is 233 g/mol. The molecule has 0 radical (unpaired) electrons. The normalized spacial score (nSPS) is 18.2. The van der Waals surface area contributed by atoms with E-state index in [0.29, 0.717) is 0 Å². The molecule has 1 aliphatic rings. The summed E-state index contributed by atoms with van der Waals surface area (Å²) in [5.41, 5.74) is 7.75. The molecule has 1 unspecified atom stereocenters. The largest absolute Gasteiger partial charge is 0.355 e. The van der Waals surface area contributed by atoms with Gasteiger partial charge in [0.05, 0.1) is 5.69 Å². The summed E-state index contributed by atoms with van der Waals surface area (Å²) in [4.78, 5) is 13.6. The third-order valence-electron chi connectivity index (χ3n) is 2.90. The Balaban J connectivity index is 1.69. The van der Waals surface area contributed by atoms with Gasteiger partial charge >= 0.3 is 0 Å². The number of hydrogen-bond acceptors (Lipinski definition) is 4. The maximum Gasteiger partial charge on any atom is 0.181 e. The minimum Gasteiger partial charge on any atom is -0.355 e. The van der Waals surface area contributed by atoms with E-state index in [4.69, 9.17) is 15.5 Å². The fourth-order valence-electron chi connectivity index (χ4n) is 1.77. The van der Waals surface area contributed by atoms with Gasteiger partial charge in [-0.05, 0) is 17.5 Å². The average molecular weight is 233 g/mol. The van der Waals surface area contributed by atoms with Crippen LogP contribution in [-0.4, -0.2) is 24.2 Å². The van der Waals surface area contributed by atoms with Crippen molar-refractivity contribution < 1.29 is 9.78 Å². The van der Waals surface area contributed by atoms with E-state index in [2.05, 4.69) is 10.3 Å². The predicted molar refractivity (Wildman–Crippen MR) is 64.1 cm³/mol. The molecule has 17 heavy (non-hydrogen) atoms. The maximum atomic E-state index is 5.89. The van der Waals surface area contributed by atoms with Crippen molar-refractivity contribution in [2.24, 2.45) is 5.73 Å². The molecule has 0 amide bonds. The van der Waals surface area contributed by atoms with Gasteiger partial charge in [-0.1, -0.05) is 18.2 Å². The van der Waals surface area contributed by atoms with Crippen molar-refractivity contribution in [2.45, 2.75) is 12.3 Å². The van der Waals surface area contributed by atoms with Crippen molar-refractivity contribution in [3.8, 4) is 0 Å². The fourth-order valence-corrected chi connectivity index (χ4v) is 1.77. The summed E-state index contributed by atoms with van der Waals surface area (Å²) < 4.78 is 0. The number of aromatic amines is 1. The molecule has 0 bridgehead atoms. The second-order valence-electron chi connectivity index (χ2n) is 4.21. The SMILES string of the molecule is NC(OOC1CNC1)c1cc2ccccc2[nH]1. The number of hydrogen-bond donors (Lipinski definition) is 3. The van der Waals surface area contributed by atoms with Crippen LogP contribution in [0.15, 0.2) is 30.3 Å². The molecule has 5 heteroatoms. The number of fused-ring (bicyclic) bond motifs is 1. The van der Waals surface area contributed by atoms with Gasteiger partial charge < -0.3 is 10.3 Å². The van der Waals surface area contributed by atoms with E-state index in [1.165, 1.54) is 0 Å². The summed E-state index contributed by atoms with van der Waals surface area (Å²) >= 11 is 0. The Morgan fingerprint density at radius 2 is 2.12 bits per heavy atom. The van der Waals surface area contributed by atoms with E-state index in [1.807, 2.05) is 30.3 Å². The molecular weight excluding hydrogens is 218 g/mol. The first-order valence-corrected chi connectivity index (χ1v) is 5.69. The van der Waals surface area contributed by atoms with Crippen molar-refractivity contribution in [3.63, 3.8) is 0 Å². The average Bonchev–Trinajstić information content (AvgIpc) is 2.70. The summed E-state index contributed by atoms with van der Waals surface area (Å²) in [5, 5.41) is 4.21. The minimum absolute atomic E-state index is 0.116. The van der Waals surface area contributed by atoms with E-state index in [-0.39, 0.29) is 6.10 Å². The Labute approximate surface area is 98.8 Å². The summed E-state index contributed by atoms with van der Waals surface area (Å²) in [6.45, 7) is 1.64. The number of benzene rings is 1. The van der Waals surface area contributed by atoms with E-state index in [9.17, 15) is 0 Å². The highest BCUT2D eigenvalue weighted by atomic mass is 17.2. The summed E-state index contributed by atoms with van der Waals surface area (Å²) in [6, 6.07) is 9.97. The van der Waals surface area contributed by atoms with Crippen LogP contribution >= 0.6 is 0 Å². The predicted octanol–water partition coefficient (Wildman–Crippen LogP) is 1.05. The quantitative estimate of drug-likeness (QED) is 0.419. The van der Waals surface area contributed by atoms with E-state index in [0.717, 1.165) is 29.7 Å². The first kappa shape index (κ1) is 10.7. The van der Waals surface area contributed by atoms with Crippen LogP contribution in [0.3, 0.4) is 0 Å². The molecule has 1 aromatic carbocycles. The third kappa shape index (κ3) is 2.18. The standard InChI is InChI=1S/C12H15N3O2/c13-12(17-16-9-6-14-7-9)11-5-8-3-1-2-4-10(8)15-11/h1-5,9,12,14-15H,6-7,13H2. The highest BCUT2D eigenvalue weighted by Crippen LogP contribution is 2.19. The van der Waals surface area contributed by atoms with Gasteiger partial charge in [0.15, 0.2) is 6.23 Å². The maximum absolute atomic E-state index is 5.89. The number of rotatable bonds is 4. The lowest BCUT2D eigenvalue weighted by atomic mass is 10.2. The molecule has 0 spiro atoms. The number of H-pyrrole nitrogens is 1. The summed E-state index contributed by atoms with van der Waals surface area (Å²) in [5.74, 6) is 0. The highest BCUT2D eigenvalue weighted by molar-refractivity contribution is 5.80.